The summed E-state index contributed by atoms with van der Waals surface area (Å²) in [4.78, 5) is 4.46. The number of rotatable bonds is 5. The molecule has 0 aromatic heterocycles. The summed E-state index contributed by atoms with van der Waals surface area (Å²) in [6.45, 7) is 7.07. The van der Waals surface area contributed by atoms with Gasteiger partial charge in [0.15, 0.2) is 0 Å². The van der Waals surface area contributed by atoms with Crippen LogP contribution in [0.2, 0.25) is 0 Å². The van der Waals surface area contributed by atoms with Gasteiger partial charge >= 0.3 is 0 Å². The van der Waals surface area contributed by atoms with Crippen LogP contribution in [0, 0.1) is 0 Å². The van der Waals surface area contributed by atoms with Gasteiger partial charge in [0.1, 0.15) is 5.75 Å². The molecule has 0 amide bonds. The quantitative estimate of drug-likeness (QED) is 0.627. The SMILES string of the molecule is CC(C)(C)c1cccc(C=NCCCc2ccccc2)c1O. The van der Waals surface area contributed by atoms with Crippen LogP contribution in [0.5, 0.6) is 5.75 Å². The second-order valence-corrected chi connectivity index (χ2v) is 6.62. The Morgan fingerprint density at radius 3 is 2.41 bits per heavy atom. The molecule has 2 heteroatoms. The summed E-state index contributed by atoms with van der Waals surface area (Å²) in [5.41, 5.74) is 3.03. The highest BCUT2D eigenvalue weighted by Crippen LogP contribution is 2.32. The normalized spacial score (nSPS) is 12.0. The topological polar surface area (TPSA) is 32.6 Å². The Bertz CT molecular complexity index is 624. The lowest BCUT2D eigenvalue weighted by Gasteiger charge is -2.21. The average Bonchev–Trinajstić information content (AvgIpc) is 2.48. The molecule has 0 saturated carbocycles. The highest BCUT2D eigenvalue weighted by atomic mass is 16.3. The third-order valence-electron chi connectivity index (χ3n) is 3.70. The van der Waals surface area contributed by atoms with Crippen molar-refractivity contribution in [2.75, 3.05) is 6.54 Å². The van der Waals surface area contributed by atoms with Gasteiger partial charge in [-0.05, 0) is 35.4 Å². The summed E-state index contributed by atoms with van der Waals surface area (Å²) >= 11 is 0. The molecule has 22 heavy (non-hydrogen) atoms. The van der Waals surface area contributed by atoms with E-state index in [1.54, 1.807) is 6.21 Å². The molecular formula is C20H25NO. The predicted molar refractivity (Wildman–Crippen MR) is 94.0 cm³/mol. The van der Waals surface area contributed by atoms with E-state index in [0.29, 0.717) is 5.75 Å². The van der Waals surface area contributed by atoms with E-state index >= 15 is 0 Å². The lowest BCUT2D eigenvalue weighted by molar-refractivity contribution is 0.446. The van der Waals surface area contributed by atoms with Crippen LogP contribution in [-0.4, -0.2) is 17.9 Å². The van der Waals surface area contributed by atoms with Gasteiger partial charge < -0.3 is 5.11 Å². The summed E-state index contributed by atoms with van der Waals surface area (Å²) in [5.74, 6) is 0.349. The largest absolute Gasteiger partial charge is 0.507 e. The Morgan fingerprint density at radius 2 is 1.73 bits per heavy atom. The van der Waals surface area contributed by atoms with E-state index in [0.717, 1.165) is 30.5 Å². The molecule has 1 N–H and O–H groups in total. The number of phenols is 1. The van der Waals surface area contributed by atoms with Gasteiger partial charge in [0.25, 0.3) is 0 Å². The molecule has 0 unspecified atom stereocenters. The molecule has 0 aliphatic rings. The molecule has 116 valence electrons. The summed E-state index contributed by atoms with van der Waals surface area (Å²) in [7, 11) is 0. The van der Waals surface area contributed by atoms with E-state index in [4.69, 9.17) is 0 Å². The number of aryl methyl sites for hydroxylation is 1. The molecule has 2 aromatic carbocycles. The van der Waals surface area contributed by atoms with E-state index in [1.807, 2.05) is 24.3 Å². The first kappa shape index (κ1) is 16.3. The van der Waals surface area contributed by atoms with Crippen molar-refractivity contribution in [3.63, 3.8) is 0 Å². The number of nitrogens with zero attached hydrogens (tertiary/aromatic N) is 1. The second-order valence-electron chi connectivity index (χ2n) is 6.62. The maximum atomic E-state index is 10.4. The van der Waals surface area contributed by atoms with Gasteiger partial charge in [0.2, 0.25) is 0 Å². The molecule has 0 spiro atoms. The molecule has 0 heterocycles. The number of aromatic hydroxyl groups is 1. The van der Waals surface area contributed by atoms with Crippen molar-refractivity contribution in [1.82, 2.24) is 0 Å². The number of para-hydroxylation sites is 1. The number of aliphatic imine (C=N–C) groups is 1. The summed E-state index contributed by atoms with van der Waals surface area (Å²) < 4.78 is 0. The lowest BCUT2D eigenvalue weighted by atomic mass is 9.85. The summed E-state index contributed by atoms with van der Waals surface area (Å²) in [6.07, 6.45) is 3.84. The van der Waals surface area contributed by atoms with Gasteiger partial charge in [0, 0.05) is 18.3 Å². The predicted octanol–water partition coefficient (Wildman–Crippen LogP) is 4.74. The molecular weight excluding hydrogens is 270 g/mol. The number of hydrogen-bond acceptors (Lipinski definition) is 2. The third-order valence-corrected chi connectivity index (χ3v) is 3.70. The van der Waals surface area contributed by atoms with Crippen molar-refractivity contribution in [1.29, 1.82) is 0 Å². The van der Waals surface area contributed by atoms with Crippen molar-refractivity contribution < 1.29 is 5.11 Å². The van der Waals surface area contributed by atoms with Crippen LogP contribution in [0.4, 0.5) is 0 Å². The summed E-state index contributed by atoms with van der Waals surface area (Å²) in [6, 6.07) is 16.3. The minimum Gasteiger partial charge on any atom is -0.507 e. The van der Waals surface area contributed by atoms with Gasteiger partial charge in [-0.15, -0.1) is 0 Å². The molecule has 0 radical (unpaired) electrons. The van der Waals surface area contributed by atoms with Crippen LogP contribution in [0.15, 0.2) is 53.5 Å². The fourth-order valence-electron chi connectivity index (χ4n) is 2.45. The molecule has 2 rings (SSSR count). The van der Waals surface area contributed by atoms with Crippen molar-refractivity contribution in [3.05, 3.63) is 65.2 Å². The summed E-state index contributed by atoms with van der Waals surface area (Å²) in [5, 5.41) is 10.4. The van der Waals surface area contributed by atoms with Crippen molar-refractivity contribution in [2.24, 2.45) is 4.99 Å². The number of hydrogen-bond donors (Lipinski definition) is 1. The maximum Gasteiger partial charge on any atom is 0.128 e. The molecule has 0 saturated heterocycles. The standard InChI is InChI=1S/C20H25NO/c1-20(2,3)18-13-7-12-17(19(18)22)15-21-14-8-11-16-9-5-4-6-10-16/h4-7,9-10,12-13,15,22H,8,11,14H2,1-3H3. The van der Waals surface area contributed by atoms with Crippen LogP contribution in [0.25, 0.3) is 0 Å². The fraction of sp³-hybridized carbons (Fsp3) is 0.350. The molecule has 0 fully saturated rings. The van der Waals surface area contributed by atoms with Crippen LogP contribution < -0.4 is 0 Å². The van der Waals surface area contributed by atoms with Gasteiger partial charge in [0.05, 0.1) is 0 Å². The van der Waals surface area contributed by atoms with Gasteiger partial charge in [-0.25, -0.2) is 0 Å². The Morgan fingerprint density at radius 1 is 1.00 bits per heavy atom. The Hall–Kier alpha value is -2.09. The molecule has 0 atom stereocenters. The van der Waals surface area contributed by atoms with Crippen LogP contribution in [0.3, 0.4) is 0 Å². The zero-order valence-electron chi connectivity index (χ0n) is 13.7. The van der Waals surface area contributed by atoms with E-state index in [1.165, 1.54) is 5.56 Å². The van der Waals surface area contributed by atoms with E-state index in [9.17, 15) is 5.11 Å². The average molecular weight is 295 g/mol. The molecule has 2 aromatic rings. The maximum absolute atomic E-state index is 10.4. The first-order chi connectivity index (χ1) is 10.5. The minimum atomic E-state index is -0.0682. The third kappa shape index (κ3) is 4.45. The Labute approximate surface area is 133 Å². The molecule has 0 aliphatic carbocycles. The first-order valence-corrected chi connectivity index (χ1v) is 7.84. The number of phenolic OH excluding ortho intramolecular Hbond substituents is 1. The Kier molecular flexibility index (Phi) is 5.37. The number of benzene rings is 2. The lowest BCUT2D eigenvalue weighted by Crippen LogP contribution is -2.11. The van der Waals surface area contributed by atoms with Crippen molar-refractivity contribution in [2.45, 2.75) is 39.0 Å². The van der Waals surface area contributed by atoms with E-state index in [2.05, 4.69) is 50.0 Å². The molecule has 0 aliphatic heterocycles. The molecule has 2 nitrogen and oxygen atoms in total. The Balaban J connectivity index is 1.93. The van der Waals surface area contributed by atoms with Crippen molar-refractivity contribution >= 4 is 6.21 Å². The minimum absolute atomic E-state index is 0.0682. The monoisotopic (exact) mass is 295 g/mol. The van der Waals surface area contributed by atoms with Crippen molar-refractivity contribution in [3.8, 4) is 5.75 Å². The fourth-order valence-corrected chi connectivity index (χ4v) is 2.45. The van der Waals surface area contributed by atoms with Crippen LogP contribution in [-0.2, 0) is 11.8 Å². The highest BCUT2D eigenvalue weighted by Gasteiger charge is 2.18. The molecule has 0 bridgehead atoms. The highest BCUT2D eigenvalue weighted by molar-refractivity contribution is 5.84. The second kappa shape index (κ2) is 7.26. The smallest absolute Gasteiger partial charge is 0.128 e. The van der Waals surface area contributed by atoms with Gasteiger partial charge in [-0.1, -0.05) is 63.2 Å². The van der Waals surface area contributed by atoms with E-state index in [-0.39, 0.29) is 5.41 Å². The van der Waals surface area contributed by atoms with Crippen LogP contribution >= 0.6 is 0 Å². The zero-order valence-corrected chi connectivity index (χ0v) is 13.7. The first-order valence-electron chi connectivity index (χ1n) is 7.84. The van der Waals surface area contributed by atoms with Gasteiger partial charge in [-0.3, -0.25) is 4.99 Å². The van der Waals surface area contributed by atoms with Gasteiger partial charge in [-0.2, -0.15) is 0 Å². The van der Waals surface area contributed by atoms with Crippen LogP contribution in [0.1, 0.15) is 43.9 Å². The van der Waals surface area contributed by atoms with E-state index < -0.39 is 0 Å². The zero-order chi connectivity index (χ0) is 16.0.